The van der Waals surface area contributed by atoms with E-state index in [1.165, 1.54) is 55.6 Å². The van der Waals surface area contributed by atoms with E-state index in [0.29, 0.717) is 11.4 Å². The monoisotopic (exact) mass is 448 g/mol. The summed E-state index contributed by atoms with van der Waals surface area (Å²) in [4.78, 5) is 24.9. The van der Waals surface area contributed by atoms with Crippen molar-refractivity contribution >= 4 is 46.4 Å². The zero-order valence-electron chi connectivity index (χ0n) is 15.5. The first kappa shape index (κ1) is 21.4. The summed E-state index contributed by atoms with van der Waals surface area (Å²) >= 11 is 11.6. The van der Waals surface area contributed by atoms with Crippen LogP contribution in [0, 0.1) is 5.82 Å². The van der Waals surface area contributed by atoms with Crippen molar-refractivity contribution in [2.45, 2.75) is 0 Å². The lowest BCUT2D eigenvalue weighted by Gasteiger charge is -2.13. The quantitative estimate of drug-likeness (QED) is 0.490. The topological polar surface area (TPSA) is 87.7 Å². The first-order chi connectivity index (χ1) is 14.3. The summed E-state index contributed by atoms with van der Waals surface area (Å²) < 4.78 is 19.2. The molecule has 0 spiro atoms. The summed E-state index contributed by atoms with van der Waals surface area (Å²) in [5.74, 6) is -2.06. The number of phenols is 1. The average Bonchev–Trinajstić information content (AvgIpc) is 2.70. The summed E-state index contributed by atoms with van der Waals surface area (Å²) in [6, 6.07) is 12.2. The fourth-order valence-corrected chi connectivity index (χ4v) is 2.97. The fraction of sp³-hybridized carbons (Fsp3) is 0.0476. The number of carbonyl (C=O) groups is 2. The molecule has 3 rings (SSSR count). The highest BCUT2D eigenvalue weighted by atomic mass is 35.5. The minimum absolute atomic E-state index is 0.0212. The average molecular weight is 449 g/mol. The van der Waals surface area contributed by atoms with Crippen LogP contribution in [0.4, 0.5) is 15.8 Å². The van der Waals surface area contributed by atoms with Crippen LogP contribution in [0.3, 0.4) is 0 Å². The number of hydrogen-bond donors (Lipinski definition) is 3. The highest BCUT2D eigenvalue weighted by molar-refractivity contribution is 6.31. The molecule has 0 aliphatic heterocycles. The van der Waals surface area contributed by atoms with Gasteiger partial charge in [-0.1, -0.05) is 23.2 Å². The molecule has 9 heteroatoms. The van der Waals surface area contributed by atoms with Crippen molar-refractivity contribution in [3.05, 3.63) is 81.6 Å². The van der Waals surface area contributed by atoms with Gasteiger partial charge in [-0.2, -0.15) is 0 Å². The van der Waals surface area contributed by atoms with E-state index in [-0.39, 0.29) is 32.6 Å². The van der Waals surface area contributed by atoms with Gasteiger partial charge in [0, 0.05) is 15.7 Å². The van der Waals surface area contributed by atoms with Gasteiger partial charge in [0.15, 0.2) is 0 Å². The number of ether oxygens (including phenoxy) is 1. The molecule has 0 unspecified atom stereocenters. The number of phenolic OH excluding ortho intramolecular Hbond substituents is 1. The van der Waals surface area contributed by atoms with Crippen molar-refractivity contribution in [1.82, 2.24) is 0 Å². The van der Waals surface area contributed by atoms with Crippen LogP contribution in [0.2, 0.25) is 10.0 Å². The molecule has 0 fully saturated rings. The Morgan fingerprint density at radius 1 is 0.900 bits per heavy atom. The third kappa shape index (κ3) is 4.82. The molecule has 0 aliphatic rings. The SMILES string of the molecule is COc1ccc(NC(=O)c2cc(Cl)ccc2O)cc1NC(=O)c1ccc(Cl)cc1F. The van der Waals surface area contributed by atoms with E-state index in [1.807, 2.05) is 0 Å². The van der Waals surface area contributed by atoms with Gasteiger partial charge in [-0.25, -0.2) is 4.39 Å². The Balaban J connectivity index is 1.85. The molecule has 0 aliphatic carbocycles. The summed E-state index contributed by atoms with van der Waals surface area (Å²) in [5.41, 5.74) is 0.267. The predicted molar refractivity (Wildman–Crippen MR) is 113 cm³/mol. The molecule has 30 heavy (non-hydrogen) atoms. The molecule has 154 valence electrons. The minimum Gasteiger partial charge on any atom is -0.507 e. The second-order valence-corrected chi connectivity index (χ2v) is 6.98. The Hall–Kier alpha value is -3.29. The zero-order chi connectivity index (χ0) is 21.8. The van der Waals surface area contributed by atoms with Crippen molar-refractivity contribution in [3.63, 3.8) is 0 Å². The van der Waals surface area contributed by atoms with E-state index in [2.05, 4.69) is 10.6 Å². The highest BCUT2D eigenvalue weighted by Gasteiger charge is 2.17. The molecule has 0 heterocycles. The van der Waals surface area contributed by atoms with Crippen LogP contribution in [0.25, 0.3) is 0 Å². The fourth-order valence-electron chi connectivity index (χ4n) is 2.64. The maximum atomic E-state index is 14.0. The molecule has 0 saturated carbocycles. The Morgan fingerprint density at radius 3 is 2.27 bits per heavy atom. The molecule has 0 atom stereocenters. The molecule has 3 aromatic carbocycles. The molecule has 0 radical (unpaired) electrons. The van der Waals surface area contributed by atoms with Crippen LogP contribution in [-0.2, 0) is 0 Å². The summed E-state index contributed by atoms with van der Waals surface area (Å²) in [5, 5.41) is 15.5. The lowest BCUT2D eigenvalue weighted by molar-refractivity contribution is 0.101. The first-order valence-electron chi connectivity index (χ1n) is 8.53. The molecule has 2 amide bonds. The van der Waals surface area contributed by atoms with Gasteiger partial charge >= 0.3 is 0 Å². The molecular weight excluding hydrogens is 434 g/mol. The number of hydrogen-bond acceptors (Lipinski definition) is 4. The molecule has 0 aromatic heterocycles. The molecule has 0 bridgehead atoms. The lowest BCUT2D eigenvalue weighted by Crippen LogP contribution is -2.16. The third-order valence-electron chi connectivity index (χ3n) is 4.08. The van der Waals surface area contributed by atoms with Gasteiger partial charge in [-0.15, -0.1) is 0 Å². The number of aromatic hydroxyl groups is 1. The van der Waals surface area contributed by atoms with Crippen molar-refractivity contribution < 1.29 is 23.8 Å². The standard InChI is InChI=1S/C21H15Cl2FN2O4/c1-30-19-7-4-13(25-21(29)15-8-11(22)3-6-18(15)27)10-17(19)26-20(28)14-5-2-12(23)9-16(14)24/h2-10,27H,1H3,(H,25,29)(H,26,28). The Kier molecular flexibility index (Phi) is 6.44. The second kappa shape index (κ2) is 9.02. The van der Waals surface area contributed by atoms with Gasteiger partial charge in [0.25, 0.3) is 11.8 Å². The Bertz CT molecular complexity index is 1140. The van der Waals surface area contributed by atoms with Crippen LogP contribution in [0.1, 0.15) is 20.7 Å². The molecule has 0 saturated heterocycles. The lowest BCUT2D eigenvalue weighted by atomic mass is 10.1. The van der Waals surface area contributed by atoms with Crippen LogP contribution in [-0.4, -0.2) is 24.0 Å². The molecular formula is C21H15Cl2FN2O4. The van der Waals surface area contributed by atoms with E-state index < -0.39 is 17.6 Å². The van der Waals surface area contributed by atoms with Gasteiger partial charge in [-0.05, 0) is 54.6 Å². The largest absolute Gasteiger partial charge is 0.507 e. The number of nitrogens with one attached hydrogen (secondary N) is 2. The van der Waals surface area contributed by atoms with Crippen LogP contribution >= 0.6 is 23.2 Å². The number of methoxy groups -OCH3 is 1. The zero-order valence-corrected chi connectivity index (χ0v) is 17.0. The van der Waals surface area contributed by atoms with Crippen molar-refractivity contribution in [3.8, 4) is 11.5 Å². The van der Waals surface area contributed by atoms with Crippen molar-refractivity contribution in [2.24, 2.45) is 0 Å². The first-order valence-corrected chi connectivity index (χ1v) is 9.28. The maximum Gasteiger partial charge on any atom is 0.259 e. The minimum atomic E-state index is -0.778. The normalized spacial score (nSPS) is 10.4. The Morgan fingerprint density at radius 2 is 1.57 bits per heavy atom. The van der Waals surface area contributed by atoms with E-state index in [4.69, 9.17) is 27.9 Å². The molecule has 3 N–H and O–H groups in total. The van der Waals surface area contributed by atoms with Gasteiger partial charge in [0.2, 0.25) is 0 Å². The number of carbonyl (C=O) groups excluding carboxylic acids is 2. The maximum absolute atomic E-state index is 14.0. The smallest absolute Gasteiger partial charge is 0.259 e. The summed E-state index contributed by atoms with van der Waals surface area (Å²) in [6.07, 6.45) is 0. The van der Waals surface area contributed by atoms with Crippen LogP contribution in [0.5, 0.6) is 11.5 Å². The van der Waals surface area contributed by atoms with E-state index in [1.54, 1.807) is 0 Å². The third-order valence-corrected chi connectivity index (χ3v) is 4.55. The van der Waals surface area contributed by atoms with Crippen LogP contribution < -0.4 is 15.4 Å². The number of halogens is 3. The van der Waals surface area contributed by atoms with Gasteiger partial charge < -0.3 is 20.5 Å². The summed E-state index contributed by atoms with van der Waals surface area (Å²) in [6.45, 7) is 0. The van der Waals surface area contributed by atoms with Crippen molar-refractivity contribution in [1.29, 1.82) is 0 Å². The van der Waals surface area contributed by atoms with E-state index in [0.717, 1.165) is 6.07 Å². The van der Waals surface area contributed by atoms with Gasteiger partial charge in [0.05, 0.1) is 23.9 Å². The van der Waals surface area contributed by atoms with E-state index >= 15 is 0 Å². The second-order valence-electron chi connectivity index (χ2n) is 6.11. The highest BCUT2D eigenvalue weighted by Crippen LogP contribution is 2.30. The molecule has 3 aromatic rings. The predicted octanol–water partition coefficient (Wildman–Crippen LogP) is 5.35. The van der Waals surface area contributed by atoms with Crippen molar-refractivity contribution in [2.75, 3.05) is 17.7 Å². The van der Waals surface area contributed by atoms with Crippen LogP contribution in [0.15, 0.2) is 54.6 Å². The Labute approximate surface area is 181 Å². The summed E-state index contributed by atoms with van der Waals surface area (Å²) in [7, 11) is 1.40. The van der Waals surface area contributed by atoms with Gasteiger partial charge in [0.1, 0.15) is 17.3 Å². The number of benzene rings is 3. The van der Waals surface area contributed by atoms with Gasteiger partial charge in [-0.3, -0.25) is 9.59 Å². The molecule has 6 nitrogen and oxygen atoms in total. The number of rotatable bonds is 5. The number of anilines is 2. The number of amides is 2. The van der Waals surface area contributed by atoms with E-state index in [9.17, 15) is 19.1 Å².